The summed E-state index contributed by atoms with van der Waals surface area (Å²) in [5.41, 5.74) is 5.91. The van der Waals surface area contributed by atoms with Crippen LogP contribution in [-0.2, 0) is 9.47 Å². The highest BCUT2D eigenvalue weighted by Crippen LogP contribution is 2.22. The Hall–Kier alpha value is -0.160. The monoisotopic (exact) mass is 216 g/mol. The van der Waals surface area contributed by atoms with Crippen LogP contribution in [0.3, 0.4) is 0 Å². The first-order valence-electron chi connectivity index (χ1n) is 5.74. The number of ether oxygens (including phenoxy) is 2. The molecule has 4 heteroatoms. The Morgan fingerprint density at radius 1 is 1.60 bits per heavy atom. The zero-order valence-corrected chi connectivity index (χ0v) is 10.2. The molecule has 15 heavy (non-hydrogen) atoms. The molecule has 0 amide bonds. The van der Waals surface area contributed by atoms with Crippen molar-refractivity contribution in [3.63, 3.8) is 0 Å². The van der Waals surface area contributed by atoms with Crippen LogP contribution in [0.1, 0.15) is 20.3 Å². The minimum Gasteiger partial charge on any atom is -0.383 e. The third-order valence-electron chi connectivity index (χ3n) is 3.36. The highest BCUT2D eigenvalue weighted by atomic mass is 16.5. The Kier molecular flexibility index (Phi) is 4.99. The van der Waals surface area contributed by atoms with Gasteiger partial charge in [-0.25, -0.2) is 0 Å². The lowest BCUT2D eigenvalue weighted by atomic mass is 9.93. The van der Waals surface area contributed by atoms with Crippen molar-refractivity contribution in [1.29, 1.82) is 0 Å². The van der Waals surface area contributed by atoms with E-state index < -0.39 is 0 Å². The van der Waals surface area contributed by atoms with Gasteiger partial charge in [0.05, 0.1) is 24.9 Å². The predicted octanol–water partition coefficient (Wildman–Crippen LogP) is 0.461. The number of hydrogen-bond acceptors (Lipinski definition) is 4. The Morgan fingerprint density at radius 2 is 2.33 bits per heavy atom. The second-order valence-corrected chi connectivity index (χ2v) is 4.34. The third kappa shape index (κ3) is 2.91. The largest absolute Gasteiger partial charge is 0.383 e. The van der Waals surface area contributed by atoms with Gasteiger partial charge in [-0.3, -0.25) is 4.90 Å². The molecule has 0 spiro atoms. The molecule has 0 aromatic carbocycles. The average molecular weight is 216 g/mol. The highest BCUT2D eigenvalue weighted by Gasteiger charge is 2.36. The van der Waals surface area contributed by atoms with E-state index in [0.717, 1.165) is 26.1 Å². The topological polar surface area (TPSA) is 47.7 Å². The molecule has 1 rings (SSSR count). The molecule has 0 aromatic rings. The maximum Gasteiger partial charge on any atom is 0.0674 e. The standard InChI is InChI=1S/C11H24N2O2/c1-4-11(8-12,9-14-3)13-5-6-15-10(2)7-13/h10H,4-9,12H2,1-3H3. The molecule has 0 aliphatic carbocycles. The maximum atomic E-state index is 5.92. The van der Waals surface area contributed by atoms with E-state index in [0.29, 0.717) is 19.3 Å². The lowest BCUT2D eigenvalue weighted by Crippen LogP contribution is -2.61. The molecule has 4 nitrogen and oxygen atoms in total. The van der Waals surface area contributed by atoms with Crippen LogP contribution >= 0.6 is 0 Å². The second-order valence-electron chi connectivity index (χ2n) is 4.34. The molecule has 1 fully saturated rings. The van der Waals surface area contributed by atoms with E-state index >= 15 is 0 Å². The highest BCUT2D eigenvalue weighted by molar-refractivity contribution is 4.92. The zero-order chi connectivity index (χ0) is 11.3. The molecule has 1 saturated heterocycles. The first-order valence-corrected chi connectivity index (χ1v) is 5.74. The van der Waals surface area contributed by atoms with Gasteiger partial charge in [-0.05, 0) is 13.3 Å². The van der Waals surface area contributed by atoms with Crippen molar-refractivity contribution in [3.8, 4) is 0 Å². The van der Waals surface area contributed by atoms with Crippen LogP contribution in [0.15, 0.2) is 0 Å². The van der Waals surface area contributed by atoms with E-state index in [4.69, 9.17) is 15.2 Å². The number of nitrogens with two attached hydrogens (primary N) is 1. The first kappa shape index (κ1) is 12.9. The molecule has 0 radical (unpaired) electrons. The first-order chi connectivity index (χ1) is 7.18. The van der Waals surface area contributed by atoms with Crippen LogP contribution in [0, 0.1) is 0 Å². The summed E-state index contributed by atoms with van der Waals surface area (Å²) < 4.78 is 10.9. The van der Waals surface area contributed by atoms with Gasteiger partial charge in [0.2, 0.25) is 0 Å². The minimum atomic E-state index is -0.00715. The van der Waals surface area contributed by atoms with Crippen molar-refractivity contribution in [1.82, 2.24) is 4.90 Å². The molecule has 1 aliphatic rings. The lowest BCUT2D eigenvalue weighted by molar-refractivity contribution is -0.0804. The van der Waals surface area contributed by atoms with Crippen LogP contribution in [0.2, 0.25) is 0 Å². The van der Waals surface area contributed by atoms with E-state index in [9.17, 15) is 0 Å². The Balaban J connectivity index is 2.68. The van der Waals surface area contributed by atoms with Crippen molar-refractivity contribution < 1.29 is 9.47 Å². The fraction of sp³-hybridized carbons (Fsp3) is 1.00. The molecule has 2 atom stereocenters. The molecule has 90 valence electrons. The van der Waals surface area contributed by atoms with Crippen LogP contribution in [0.5, 0.6) is 0 Å². The van der Waals surface area contributed by atoms with Gasteiger partial charge < -0.3 is 15.2 Å². The van der Waals surface area contributed by atoms with Crippen molar-refractivity contribution in [3.05, 3.63) is 0 Å². The molecule has 0 bridgehead atoms. The van der Waals surface area contributed by atoms with Gasteiger partial charge in [-0.15, -0.1) is 0 Å². The van der Waals surface area contributed by atoms with Gasteiger partial charge in [0, 0.05) is 26.7 Å². The second kappa shape index (κ2) is 5.80. The number of nitrogens with zero attached hydrogens (tertiary/aromatic N) is 1. The van der Waals surface area contributed by atoms with Gasteiger partial charge in [0.1, 0.15) is 0 Å². The van der Waals surface area contributed by atoms with E-state index in [1.165, 1.54) is 0 Å². The SMILES string of the molecule is CCC(CN)(COC)N1CCOC(C)C1. The quantitative estimate of drug-likeness (QED) is 0.725. The van der Waals surface area contributed by atoms with E-state index in [1.54, 1.807) is 7.11 Å². The van der Waals surface area contributed by atoms with Crippen LogP contribution in [0.4, 0.5) is 0 Å². The normalized spacial score (nSPS) is 27.6. The predicted molar refractivity (Wildman–Crippen MR) is 60.9 cm³/mol. The van der Waals surface area contributed by atoms with Crippen LogP contribution < -0.4 is 5.73 Å². The third-order valence-corrected chi connectivity index (χ3v) is 3.36. The number of morpholine rings is 1. The van der Waals surface area contributed by atoms with Crippen molar-refractivity contribution >= 4 is 0 Å². The Bertz CT molecular complexity index is 183. The van der Waals surface area contributed by atoms with Crippen molar-refractivity contribution in [2.75, 3.05) is 40.0 Å². The van der Waals surface area contributed by atoms with Crippen LogP contribution in [0.25, 0.3) is 0 Å². The van der Waals surface area contributed by atoms with Gasteiger partial charge in [-0.2, -0.15) is 0 Å². The molecule has 2 unspecified atom stereocenters. The molecule has 0 aromatic heterocycles. The van der Waals surface area contributed by atoms with Gasteiger partial charge >= 0.3 is 0 Å². The molecular formula is C11H24N2O2. The summed E-state index contributed by atoms with van der Waals surface area (Å²) in [5.74, 6) is 0. The number of rotatable bonds is 5. The summed E-state index contributed by atoms with van der Waals surface area (Å²) in [6, 6.07) is 0. The molecule has 1 heterocycles. The number of hydrogen-bond donors (Lipinski definition) is 1. The smallest absolute Gasteiger partial charge is 0.0674 e. The zero-order valence-electron chi connectivity index (χ0n) is 10.2. The summed E-state index contributed by atoms with van der Waals surface area (Å²) >= 11 is 0. The minimum absolute atomic E-state index is 0.00715. The van der Waals surface area contributed by atoms with Gasteiger partial charge in [-0.1, -0.05) is 6.92 Å². The maximum absolute atomic E-state index is 5.92. The fourth-order valence-corrected chi connectivity index (χ4v) is 2.27. The molecular weight excluding hydrogens is 192 g/mol. The van der Waals surface area contributed by atoms with Crippen LogP contribution in [-0.4, -0.2) is 56.5 Å². The molecule has 0 saturated carbocycles. The molecule has 1 aliphatic heterocycles. The summed E-state index contributed by atoms with van der Waals surface area (Å²) in [4.78, 5) is 2.42. The summed E-state index contributed by atoms with van der Waals surface area (Å²) in [6.45, 7) is 8.33. The van der Waals surface area contributed by atoms with Crippen molar-refractivity contribution in [2.24, 2.45) is 5.73 Å². The molecule has 2 N–H and O–H groups in total. The number of methoxy groups -OCH3 is 1. The van der Waals surface area contributed by atoms with Crippen molar-refractivity contribution in [2.45, 2.75) is 31.9 Å². The fourth-order valence-electron chi connectivity index (χ4n) is 2.27. The van der Waals surface area contributed by atoms with Gasteiger partial charge in [0.25, 0.3) is 0 Å². The Labute approximate surface area is 92.7 Å². The summed E-state index contributed by atoms with van der Waals surface area (Å²) in [7, 11) is 1.74. The summed E-state index contributed by atoms with van der Waals surface area (Å²) in [6.07, 6.45) is 1.32. The average Bonchev–Trinajstić information content (AvgIpc) is 2.26. The Morgan fingerprint density at radius 3 is 2.80 bits per heavy atom. The van der Waals surface area contributed by atoms with E-state index in [2.05, 4.69) is 18.7 Å². The van der Waals surface area contributed by atoms with Gasteiger partial charge in [0.15, 0.2) is 0 Å². The summed E-state index contributed by atoms with van der Waals surface area (Å²) in [5, 5.41) is 0. The lowest BCUT2D eigenvalue weighted by Gasteiger charge is -2.45. The van der Waals surface area contributed by atoms with E-state index in [-0.39, 0.29) is 5.54 Å². The van der Waals surface area contributed by atoms with E-state index in [1.807, 2.05) is 0 Å².